The molecule has 3 saturated heterocycles. The standard InChI is InChI=1S/C63H86ClN11O16S/c1-35(2)53(70-60(92)67-22-11-12-24-75-49(76)20-21-50(75)77)56(80)69-42(16-14-23-66-59(65)83)55(79)68-41-19-18-40(32-43(41)74-25-27-88-28-26-74)57(81)72(7)38(5)58(82)90-48-33-51(78)73(8)44-30-39(31-45(86-9)52(44)64)29-36(3)15-13-17-47(87-10)63(85)34-46(89-61(84)71-63)37(4)54-62(48,6)91-54/h13,15,17-21,30-32,35,37-38,42,46-48,53-54,85H,11-12,14,16,22-29,33-34H2,1-10H3,(H,68,79)(H,69,80)(H,71,84)(H3,65,66,83)(H2,67,70,92)/b17-13+,36-15+/t37-,38+,42+,46+,47-,48+,53+,54+,62+,63+/m1/s1. The van der Waals surface area contributed by atoms with Gasteiger partial charge in [-0.3, -0.25) is 39.0 Å². The lowest BCUT2D eigenvalue weighted by molar-refractivity contribution is -0.158. The summed E-state index contributed by atoms with van der Waals surface area (Å²) in [6.07, 6.45) is 3.81. The lowest BCUT2D eigenvalue weighted by Gasteiger charge is -2.42. The minimum atomic E-state index is -1.92. The molecule has 92 heavy (non-hydrogen) atoms. The van der Waals surface area contributed by atoms with Gasteiger partial charge >= 0.3 is 18.1 Å². The zero-order valence-corrected chi connectivity index (χ0v) is 55.2. The number of carbonyl (C=O) groups excluding carboxylic acids is 9. The Kier molecular flexibility index (Phi) is 24.6. The molecule has 27 nitrogen and oxygen atoms in total. The number of nitrogens with two attached hydrogens (primary N) is 1. The van der Waals surface area contributed by atoms with Crippen LogP contribution in [-0.4, -0.2) is 202 Å². The number of likely N-dealkylation sites (N-methyl/N-ethyl adjacent to an activating group) is 1. The number of alkyl carbamates (subject to hydrolysis) is 1. The molecule has 0 aromatic heterocycles. The smallest absolute Gasteiger partial charge is 0.409 e. The van der Waals surface area contributed by atoms with Crippen LogP contribution in [0.3, 0.4) is 0 Å². The van der Waals surface area contributed by atoms with Gasteiger partial charge in [-0.25, -0.2) is 14.4 Å². The van der Waals surface area contributed by atoms with Gasteiger partial charge in [-0.15, -0.1) is 0 Å². The SMILES string of the molecule is COc1cc2cc(c1Cl)N(C)C(=O)C[C@H](OC(=O)[C@H](C)N(C)C(=O)c1ccc(NC(=O)[C@H](CCCNC(N)=O)NC(=O)[C@@H](NC(=S)NCCCCN3C(=O)C=CC3=O)C(C)C)c(N3CCOCC3)c1)[C@]1(C)O[C@H]1[C@H](C)[C@@H]1C[C@@](O)(NC(=O)O1)[C@H](OC)/C=C/C=C(\C)C2. The van der Waals surface area contributed by atoms with Crippen molar-refractivity contribution in [2.75, 3.05) is 89.4 Å². The molecule has 0 unspecified atom stereocenters. The Morgan fingerprint density at radius 2 is 1.65 bits per heavy atom. The number of imide groups is 1. The Balaban J connectivity index is 1.10. The van der Waals surface area contributed by atoms with Crippen LogP contribution in [0.2, 0.25) is 5.02 Å². The fourth-order valence-electron chi connectivity index (χ4n) is 11.5. The highest BCUT2D eigenvalue weighted by molar-refractivity contribution is 7.80. The zero-order valence-electron chi connectivity index (χ0n) is 53.6. The third kappa shape index (κ3) is 17.8. The van der Waals surface area contributed by atoms with E-state index in [1.807, 2.05) is 17.9 Å². The van der Waals surface area contributed by atoms with Crippen LogP contribution >= 0.6 is 23.8 Å². The number of anilines is 3. The number of epoxide rings is 1. The molecule has 0 spiro atoms. The van der Waals surface area contributed by atoms with Crippen LogP contribution in [0.5, 0.6) is 5.75 Å². The highest BCUT2D eigenvalue weighted by Crippen LogP contribution is 2.49. The minimum absolute atomic E-state index is 0.0578. The zero-order chi connectivity index (χ0) is 67.4. The van der Waals surface area contributed by atoms with Crippen LogP contribution in [0.15, 0.2) is 66.3 Å². The molecule has 2 aromatic carbocycles. The Bertz CT molecular complexity index is 3200. The number of fused-ring (bicyclic) bond motifs is 5. The third-order valence-corrected chi connectivity index (χ3v) is 17.8. The first-order chi connectivity index (χ1) is 43.6. The van der Waals surface area contributed by atoms with E-state index in [9.17, 15) is 48.3 Å². The maximum Gasteiger partial charge on any atom is 0.409 e. The van der Waals surface area contributed by atoms with Crippen LogP contribution in [0, 0.1) is 11.8 Å². The highest BCUT2D eigenvalue weighted by atomic mass is 35.5. The Morgan fingerprint density at radius 1 is 0.957 bits per heavy atom. The number of nitrogens with zero attached hydrogens (tertiary/aromatic N) is 4. The summed E-state index contributed by atoms with van der Waals surface area (Å²) in [5.41, 5.74) is 4.79. The van der Waals surface area contributed by atoms with Gasteiger partial charge in [0.25, 0.3) is 17.7 Å². The van der Waals surface area contributed by atoms with Gasteiger partial charge in [-0.2, -0.15) is 0 Å². The molecular formula is C63H86ClN11O16S. The summed E-state index contributed by atoms with van der Waals surface area (Å²) < 4.78 is 35.5. The number of hydrogen-bond acceptors (Lipinski definition) is 18. The number of urea groups is 1. The predicted molar refractivity (Wildman–Crippen MR) is 345 cm³/mol. The van der Waals surface area contributed by atoms with Crippen molar-refractivity contribution in [3.8, 4) is 5.75 Å². The number of amides is 9. The van der Waals surface area contributed by atoms with Gasteiger partial charge in [0, 0.05) is 84.0 Å². The lowest BCUT2D eigenvalue weighted by Crippen LogP contribution is -2.63. The second-order valence-corrected chi connectivity index (χ2v) is 24.9. The normalized spacial score (nSPS) is 25.2. The second kappa shape index (κ2) is 31.6. The Hall–Kier alpha value is -7.89. The summed E-state index contributed by atoms with van der Waals surface area (Å²) in [7, 11) is 5.81. The average molecular weight is 1320 g/mol. The van der Waals surface area contributed by atoms with E-state index in [1.165, 1.54) is 63.3 Å². The quantitative estimate of drug-likeness (QED) is 0.0274. The van der Waals surface area contributed by atoms with Crippen LogP contribution < -0.4 is 52.2 Å². The van der Waals surface area contributed by atoms with Crippen molar-refractivity contribution in [1.82, 2.24) is 36.4 Å². The van der Waals surface area contributed by atoms with Gasteiger partial charge in [-0.05, 0) is 107 Å². The number of aliphatic hydroxyl groups is 1. The van der Waals surface area contributed by atoms with Crippen LogP contribution in [0.25, 0.3) is 0 Å². The minimum Gasteiger partial charge on any atom is -0.495 e. The number of allylic oxidation sites excluding steroid dienone is 3. The van der Waals surface area contributed by atoms with E-state index >= 15 is 0 Å². The molecule has 0 saturated carbocycles. The number of ether oxygens (including phenoxy) is 6. The molecule has 5 aliphatic rings. The molecule has 4 bridgehead atoms. The highest BCUT2D eigenvalue weighted by Gasteiger charge is 2.64. The van der Waals surface area contributed by atoms with Gasteiger partial charge < -0.3 is 80.5 Å². The van der Waals surface area contributed by atoms with E-state index in [0.29, 0.717) is 69.2 Å². The van der Waals surface area contributed by atoms with Crippen molar-refractivity contribution in [3.05, 3.63) is 82.4 Å². The first kappa shape index (κ1) is 71.5. The molecule has 5 aliphatic heterocycles. The Morgan fingerprint density at radius 3 is 2.32 bits per heavy atom. The van der Waals surface area contributed by atoms with Crippen molar-refractivity contribution >= 4 is 99.5 Å². The number of hydrogen-bond donors (Lipinski definition) is 8. The largest absolute Gasteiger partial charge is 0.495 e. The van der Waals surface area contributed by atoms with E-state index in [-0.39, 0.29) is 71.5 Å². The fraction of sp³-hybridized carbons (Fsp3) is 0.556. The van der Waals surface area contributed by atoms with Gasteiger partial charge in [0.05, 0.1) is 49.9 Å². The second-order valence-electron chi connectivity index (χ2n) is 24.1. The average Bonchev–Trinajstić information content (AvgIpc) is 1.57. The summed E-state index contributed by atoms with van der Waals surface area (Å²) in [6, 6.07) is 3.99. The number of unbranched alkanes of at least 4 members (excludes halogenated alkanes) is 1. The van der Waals surface area contributed by atoms with Crippen molar-refractivity contribution in [2.24, 2.45) is 17.6 Å². The monoisotopic (exact) mass is 1320 g/mol. The van der Waals surface area contributed by atoms with Crippen molar-refractivity contribution in [2.45, 2.75) is 140 Å². The van der Waals surface area contributed by atoms with Crippen molar-refractivity contribution in [3.63, 3.8) is 0 Å². The van der Waals surface area contributed by atoms with Gasteiger partial charge in [-0.1, -0.05) is 56.2 Å². The van der Waals surface area contributed by atoms with Gasteiger partial charge in [0.1, 0.15) is 52.8 Å². The molecule has 3 fully saturated rings. The summed E-state index contributed by atoms with van der Waals surface area (Å²) >= 11 is 12.4. The fourth-order valence-corrected chi connectivity index (χ4v) is 12.0. The van der Waals surface area contributed by atoms with Crippen molar-refractivity contribution < 1.29 is 76.7 Å². The molecule has 0 aliphatic carbocycles. The maximum atomic E-state index is 14.7. The first-order valence-electron chi connectivity index (χ1n) is 30.6. The number of thiocarbonyl (C=S) groups is 1. The number of primary amides is 1. The topological polar surface area (TPSA) is 344 Å². The molecule has 9 amide bonds. The predicted octanol–water partition coefficient (Wildman–Crippen LogP) is 3.73. The molecule has 7 rings (SSSR count). The van der Waals surface area contributed by atoms with E-state index in [2.05, 4.69) is 31.9 Å². The number of carbonyl (C=O) groups is 9. The Labute approximate surface area is 545 Å². The van der Waals surface area contributed by atoms with Crippen molar-refractivity contribution in [1.29, 1.82) is 0 Å². The number of morpholine rings is 1. The molecular weight excluding hydrogens is 1230 g/mol. The molecule has 2 aromatic rings. The van der Waals surface area contributed by atoms with E-state index < -0.39 is 108 Å². The number of halogens is 1. The van der Waals surface area contributed by atoms with Crippen LogP contribution in [0.1, 0.15) is 96.0 Å². The summed E-state index contributed by atoms with van der Waals surface area (Å²) in [6.45, 7) is 12.5. The molecule has 0 radical (unpaired) electrons. The number of benzene rings is 2. The number of methoxy groups -OCH3 is 2. The summed E-state index contributed by atoms with van der Waals surface area (Å²) in [4.78, 5) is 127. The molecule has 5 heterocycles. The lowest BCUT2D eigenvalue weighted by atomic mass is 9.83. The van der Waals surface area contributed by atoms with Crippen LogP contribution in [-0.2, 0) is 58.9 Å². The molecule has 10 atom stereocenters. The maximum absolute atomic E-state index is 14.7. The number of rotatable bonds is 22. The van der Waals surface area contributed by atoms with E-state index in [4.69, 9.17) is 58.0 Å². The molecule has 9 N–H and O–H groups in total. The first-order valence-corrected chi connectivity index (χ1v) is 31.4. The summed E-state index contributed by atoms with van der Waals surface area (Å²) in [5.74, 6) is -4.60. The number of esters is 1. The van der Waals surface area contributed by atoms with Gasteiger partial charge in [0.2, 0.25) is 17.7 Å². The van der Waals surface area contributed by atoms with Gasteiger partial charge in [0.15, 0.2) is 10.8 Å². The van der Waals surface area contributed by atoms with E-state index in [1.54, 1.807) is 64.1 Å². The van der Waals surface area contributed by atoms with Crippen LogP contribution in [0.4, 0.5) is 26.7 Å². The number of nitrogens with one attached hydrogen (secondary N) is 6. The molecule has 29 heteroatoms. The molecule has 502 valence electrons. The summed E-state index contributed by atoms with van der Waals surface area (Å²) in [5, 5.41) is 29.2. The third-order valence-electron chi connectivity index (χ3n) is 17.1. The van der Waals surface area contributed by atoms with E-state index in [0.717, 1.165) is 16.0 Å².